The highest BCUT2D eigenvalue weighted by atomic mass is 16.5. The number of anilines is 1. The molecule has 0 saturated heterocycles. The third-order valence-electron chi connectivity index (χ3n) is 3.40. The van der Waals surface area contributed by atoms with Gasteiger partial charge in [-0.05, 0) is 35.9 Å². The molecule has 26 heavy (non-hydrogen) atoms. The second-order valence-electron chi connectivity index (χ2n) is 5.31. The van der Waals surface area contributed by atoms with Gasteiger partial charge in [0.05, 0.1) is 23.5 Å². The summed E-state index contributed by atoms with van der Waals surface area (Å²) in [6.45, 7) is 0.194. The van der Waals surface area contributed by atoms with Crippen LogP contribution >= 0.6 is 0 Å². The van der Waals surface area contributed by atoms with Crippen molar-refractivity contribution in [3.05, 3.63) is 84.1 Å². The van der Waals surface area contributed by atoms with E-state index in [4.69, 9.17) is 14.7 Å². The van der Waals surface area contributed by atoms with Crippen molar-refractivity contribution in [2.45, 2.75) is 6.61 Å². The van der Waals surface area contributed by atoms with E-state index in [-0.39, 0.29) is 6.61 Å². The Balaban J connectivity index is 1.52. The highest BCUT2D eigenvalue weighted by Gasteiger charge is 2.05. The average Bonchev–Trinajstić information content (AvgIpc) is 2.69. The van der Waals surface area contributed by atoms with Gasteiger partial charge in [0.15, 0.2) is 0 Å². The molecule has 1 amide bonds. The maximum atomic E-state index is 11.8. The predicted octanol–water partition coefficient (Wildman–Crippen LogP) is 4.49. The van der Waals surface area contributed by atoms with Gasteiger partial charge in [-0.15, -0.1) is 0 Å². The molecule has 0 aliphatic heterocycles. The lowest BCUT2D eigenvalue weighted by Gasteiger charge is -2.08. The van der Waals surface area contributed by atoms with Gasteiger partial charge >= 0.3 is 6.09 Å². The van der Waals surface area contributed by atoms with E-state index in [1.165, 1.54) is 6.20 Å². The second kappa shape index (κ2) is 8.31. The molecule has 0 bridgehead atoms. The number of rotatable bonds is 5. The molecule has 6 nitrogen and oxygen atoms in total. The zero-order valence-electron chi connectivity index (χ0n) is 13.8. The average molecular weight is 345 g/mol. The Morgan fingerprint density at radius 3 is 2.46 bits per heavy atom. The number of nitrogens with zero attached hydrogens (tertiary/aromatic N) is 2. The fraction of sp³-hybridized carbons (Fsp3) is 0.0500. The number of hydrogen-bond donors (Lipinski definition) is 1. The molecule has 6 heteroatoms. The van der Waals surface area contributed by atoms with Gasteiger partial charge in [-0.25, -0.2) is 9.78 Å². The van der Waals surface area contributed by atoms with Crippen molar-refractivity contribution >= 4 is 11.8 Å². The summed E-state index contributed by atoms with van der Waals surface area (Å²) in [5, 5.41) is 11.4. The molecule has 3 aromatic rings. The lowest BCUT2D eigenvalue weighted by atomic mass is 10.2. The number of carbonyl (C=O) groups is 1. The molecule has 0 radical (unpaired) electrons. The molecule has 3 rings (SSSR count). The fourth-order valence-electron chi connectivity index (χ4n) is 2.11. The van der Waals surface area contributed by atoms with E-state index < -0.39 is 6.09 Å². The quantitative estimate of drug-likeness (QED) is 0.736. The van der Waals surface area contributed by atoms with E-state index in [1.807, 2.05) is 36.4 Å². The summed E-state index contributed by atoms with van der Waals surface area (Å²) in [6, 6.07) is 21.5. The topological polar surface area (TPSA) is 84.2 Å². The summed E-state index contributed by atoms with van der Waals surface area (Å²) in [4.78, 5) is 15.9. The number of nitrogens with one attached hydrogen (secondary N) is 1. The number of ether oxygens (including phenoxy) is 2. The van der Waals surface area contributed by atoms with Crippen LogP contribution in [0.5, 0.6) is 11.6 Å². The number of aromatic nitrogens is 1. The molecule has 0 aliphatic carbocycles. The number of carbonyl (C=O) groups excluding carboxylic acids is 1. The Morgan fingerprint density at radius 1 is 1.04 bits per heavy atom. The minimum atomic E-state index is -0.559. The molecule has 1 aromatic heterocycles. The van der Waals surface area contributed by atoms with E-state index in [0.717, 1.165) is 5.56 Å². The van der Waals surface area contributed by atoms with Crippen molar-refractivity contribution in [2.75, 3.05) is 5.32 Å². The molecule has 0 spiro atoms. The molecular formula is C20H15N3O3. The van der Waals surface area contributed by atoms with Crippen LogP contribution in [0.1, 0.15) is 11.1 Å². The van der Waals surface area contributed by atoms with Crippen molar-refractivity contribution in [1.29, 1.82) is 5.26 Å². The first-order valence-corrected chi connectivity index (χ1v) is 7.85. The van der Waals surface area contributed by atoms with Crippen LogP contribution < -0.4 is 10.1 Å². The molecule has 0 atom stereocenters. The zero-order chi connectivity index (χ0) is 18.2. The molecule has 128 valence electrons. The summed E-state index contributed by atoms with van der Waals surface area (Å²) in [6.07, 6.45) is 0.916. The molecule has 2 aromatic carbocycles. The molecular weight excluding hydrogens is 330 g/mol. The van der Waals surface area contributed by atoms with Gasteiger partial charge < -0.3 is 9.47 Å². The standard InChI is InChI=1S/C20H15N3O3/c21-12-15-6-9-18(10-7-15)26-19-11-8-17(13-22-19)23-20(24)25-14-16-4-2-1-3-5-16/h1-11,13H,14H2,(H,23,24). The van der Waals surface area contributed by atoms with E-state index in [2.05, 4.69) is 10.3 Å². The molecule has 0 aliphatic rings. The first-order valence-electron chi connectivity index (χ1n) is 7.85. The van der Waals surface area contributed by atoms with Crippen LogP contribution in [0.15, 0.2) is 72.9 Å². The van der Waals surface area contributed by atoms with Crippen molar-refractivity contribution in [3.8, 4) is 17.7 Å². The van der Waals surface area contributed by atoms with Gasteiger partial charge in [0.25, 0.3) is 0 Å². The zero-order valence-corrected chi connectivity index (χ0v) is 13.8. The van der Waals surface area contributed by atoms with Crippen LogP contribution in [0, 0.1) is 11.3 Å². The van der Waals surface area contributed by atoms with Crippen LogP contribution in [0.25, 0.3) is 0 Å². The van der Waals surface area contributed by atoms with Crippen molar-refractivity contribution in [3.63, 3.8) is 0 Å². The van der Waals surface area contributed by atoms with Crippen molar-refractivity contribution in [1.82, 2.24) is 4.98 Å². The fourth-order valence-corrected chi connectivity index (χ4v) is 2.11. The van der Waals surface area contributed by atoms with Crippen molar-refractivity contribution in [2.24, 2.45) is 0 Å². The van der Waals surface area contributed by atoms with Crippen LogP contribution in [-0.2, 0) is 11.3 Å². The van der Waals surface area contributed by atoms with E-state index in [1.54, 1.807) is 36.4 Å². The van der Waals surface area contributed by atoms with Crippen LogP contribution in [0.2, 0.25) is 0 Å². The lowest BCUT2D eigenvalue weighted by Crippen LogP contribution is -2.13. The Labute approximate surface area is 150 Å². The van der Waals surface area contributed by atoms with Gasteiger partial charge in [0, 0.05) is 6.07 Å². The number of amides is 1. The summed E-state index contributed by atoms with van der Waals surface area (Å²) in [7, 11) is 0. The Kier molecular flexibility index (Phi) is 5.43. The largest absolute Gasteiger partial charge is 0.444 e. The third kappa shape index (κ3) is 4.82. The Bertz CT molecular complexity index is 902. The number of nitriles is 1. The first kappa shape index (κ1) is 17.0. The SMILES string of the molecule is N#Cc1ccc(Oc2ccc(NC(=O)OCc3ccccc3)cn2)cc1. The predicted molar refractivity (Wildman–Crippen MR) is 95.7 cm³/mol. The summed E-state index contributed by atoms with van der Waals surface area (Å²) in [5.41, 5.74) is 1.96. The minimum Gasteiger partial charge on any atom is -0.444 e. The summed E-state index contributed by atoms with van der Waals surface area (Å²) >= 11 is 0. The highest BCUT2D eigenvalue weighted by Crippen LogP contribution is 2.20. The molecule has 1 heterocycles. The Hall–Kier alpha value is -3.85. The summed E-state index contributed by atoms with van der Waals surface area (Å²) < 4.78 is 10.7. The number of pyridine rings is 1. The number of hydrogen-bond acceptors (Lipinski definition) is 5. The first-order chi connectivity index (χ1) is 12.7. The van der Waals surface area contributed by atoms with Gasteiger partial charge in [-0.1, -0.05) is 30.3 Å². The van der Waals surface area contributed by atoms with Crippen molar-refractivity contribution < 1.29 is 14.3 Å². The second-order valence-corrected chi connectivity index (χ2v) is 5.31. The lowest BCUT2D eigenvalue weighted by molar-refractivity contribution is 0.155. The Morgan fingerprint density at radius 2 is 1.81 bits per heavy atom. The summed E-state index contributed by atoms with van der Waals surface area (Å²) in [5.74, 6) is 0.942. The highest BCUT2D eigenvalue weighted by molar-refractivity contribution is 5.84. The maximum Gasteiger partial charge on any atom is 0.412 e. The van der Waals surface area contributed by atoms with E-state index >= 15 is 0 Å². The maximum absolute atomic E-state index is 11.8. The van der Waals surface area contributed by atoms with Crippen LogP contribution in [-0.4, -0.2) is 11.1 Å². The minimum absolute atomic E-state index is 0.194. The molecule has 0 saturated carbocycles. The molecule has 1 N–H and O–H groups in total. The monoisotopic (exact) mass is 345 g/mol. The smallest absolute Gasteiger partial charge is 0.412 e. The van der Waals surface area contributed by atoms with Gasteiger partial charge in [-0.3, -0.25) is 5.32 Å². The van der Waals surface area contributed by atoms with Gasteiger partial charge in [0.2, 0.25) is 5.88 Å². The third-order valence-corrected chi connectivity index (χ3v) is 3.40. The van der Waals surface area contributed by atoms with E-state index in [0.29, 0.717) is 22.9 Å². The van der Waals surface area contributed by atoms with Crippen LogP contribution in [0.3, 0.4) is 0 Å². The van der Waals surface area contributed by atoms with Gasteiger partial charge in [0.1, 0.15) is 12.4 Å². The van der Waals surface area contributed by atoms with E-state index in [9.17, 15) is 4.79 Å². The number of benzene rings is 2. The van der Waals surface area contributed by atoms with Crippen LogP contribution in [0.4, 0.5) is 10.5 Å². The molecule has 0 unspecified atom stereocenters. The molecule has 0 fully saturated rings. The van der Waals surface area contributed by atoms with Gasteiger partial charge in [-0.2, -0.15) is 5.26 Å². The normalized spacial score (nSPS) is 9.81.